The quantitative estimate of drug-likeness (QED) is 0.404. The molecule has 0 fully saturated rings. The lowest BCUT2D eigenvalue weighted by Gasteiger charge is -2.14. The molecule has 1 heterocycles. The van der Waals surface area contributed by atoms with Gasteiger partial charge in [-0.2, -0.15) is 0 Å². The lowest BCUT2D eigenvalue weighted by atomic mass is 9.95. The second-order valence-corrected chi connectivity index (χ2v) is 7.53. The molecule has 1 aliphatic carbocycles. The van der Waals surface area contributed by atoms with E-state index < -0.39 is 0 Å². The van der Waals surface area contributed by atoms with Crippen LogP contribution >= 0.6 is 15.9 Å². The molecule has 1 aliphatic rings. The van der Waals surface area contributed by atoms with Gasteiger partial charge in [-0.25, -0.2) is 4.98 Å². The Hall–Kier alpha value is -2.39. The number of rotatable bonds is 1. The number of nitrogens with zero attached hydrogens (tertiary/aromatic N) is 1. The fourth-order valence-electron chi connectivity index (χ4n) is 4.06. The van der Waals surface area contributed by atoms with Crippen LogP contribution in [0.25, 0.3) is 32.9 Å². The summed E-state index contributed by atoms with van der Waals surface area (Å²) in [4.78, 5) is 4.99. The number of hydrogen-bond donors (Lipinski definition) is 1. The van der Waals surface area contributed by atoms with E-state index in [-0.39, 0.29) is 5.75 Å². The van der Waals surface area contributed by atoms with Gasteiger partial charge in [0, 0.05) is 15.4 Å². The predicted octanol–water partition coefficient (Wildman–Crippen LogP) is 6.01. The average molecular weight is 390 g/mol. The molecule has 3 heteroatoms. The highest BCUT2D eigenvalue weighted by Crippen LogP contribution is 2.41. The van der Waals surface area contributed by atoms with Crippen LogP contribution in [0.15, 0.2) is 59.1 Å². The molecule has 1 aromatic heterocycles. The average Bonchev–Trinajstić information content (AvgIpc) is 3.12. The molecule has 0 amide bonds. The molecule has 0 unspecified atom stereocenters. The van der Waals surface area contributed by atoms with E-state index >= 15 is 0 Å². The van der Waals surface area contributed by atoms with Crippen molar-refractivity contribution in [2.75, 3.05) is 0 Å². The molecule has 0 saturated carbocycles. The minimum atomic E-state index is 0.282. The Morgan fingerprint density at radius 3 is 2.68 bits per heavy atom. The van der Waals surface area contributed by atoms with Crippen molar-refractivity contribution in [3.8, 4) is 17.0 Å². The highest BCUT2D eigenvalue weighted by Gasteiger charge is 2.23. The summed E-state index contributed by atoms with van der Waals surface area (Å²) in [6.45, 7) is 0. The Bertz CT molecular complexity index is 1150. The van der Waals surface area contributed by atoms with E-state index in [2.05, 4.69) is 52.3 Å². The van der Waals surface area contributed by atoms with Crippen molar-refractivity contribution in [3.05, 3.63) is 70.2 Å². The Kier molecular flexibility index (Phi) is 3.32. The molecule has 3 aromatic carbocycles. The number of hydrogen-bond acceptors (Lipinski definition) is 2. The Morgan fingerprint density at radius 1 is 0.920 bits per heavy atom. The molecule has 25 heavy (non-hydrogen) atoms. The zero-order valence-electron chi connectivity index (χ0n) is 13.6. The summed E-state index contributed by atoms with van der Waals surface area (Å²) in [7, 11) is 0. The van der Waals surface area contributed by atoms with Gasteiger partial charge in [-0.3, -0.25) is 0 Å². The van der Waals surface area contributed by atoms with E-state index in [1.807, 2.05) is 12.1 Å². The number of pyridine rings is 1. The van der Waals surface area contributed by atoms with Crippen LogP contribution in [-0.2, 0) is 12.8 Å². The first kappa shape index (κ1) is 14.9. The molecule has 0 bridgehead atoms. The van der Waals surface area contributed by atoms with Crippen molar-refractivity contribution in [2.24, 2.45) is 0 Å². The molecule has 4 aromatic rings. The lowest BCUT2D eigenvalue weighted by Crippen LogP contribution is -1.97. The van der Waals surface area contributed by atoms with Gasteiger partial charge in [0.25, 0.3) is 0 Å². The maximum absolute atomic E-state index is 10.4. The number of aromatic nitrogens is 1. The van der Waals surface area contributed by atoms with Crippen LogP contribution < -0.4 is 0 Å². The number of aryl methyl sites for hydroxylation is 1. The number of halogens is 1. The largest absolute Gasteiger partial charge is 0.507 e. The number of phenols is 1. The highest BCUT2D eigenvalue weighted by molar-refractivity contribution is 9.10. The van der Waals surface area contributed by atoms with Crippen LogP contribution in [0.4, 0.5) is 0 Å². The summed E-state index contributed by atoms with van der Waals surface area (Å²) in [6.07, 6.45) is 3.23. The van der Waals surface area contributed by atoms with Crippen molar-refractivity contribution < 1.29 is 5.11 Å². The minimum absolute atomic E-state index is 0.282. The van der Waals surface area contributed by atoms with Gasteiger partial charge in [0.1, 0.15) is 5.75 Å². The standard InChI is InChI=1S/C22H16BrNO/c23-14-9-11-20(25)18(12-14)22-17-7-3-6-16(17)21-15-5-2-1-4-13(15)8-10-19(21)24-22/h1-2,4-5,8-12,25H,3,6-7H2. The fourth-order valence-corrected chi connectivity index (χ4v) is 4.42. The van der Waals surface area contributed by atoms with Crippen LogP contribution in [0.3, 0.4) is 0 Å². The molecule has 1 N–H and O–H groups in total. The molecule has 0 atom stereocenters. The van der Waals surface area contributed by atoms with Gasteiger partial charge in [0.15, 0.2) is 0 Å². The highest BCUT2D eigenvalue weighted by atomic mass is 79.9. The normalized spacial score (nSPS) is 13.5. The van der Waals surface area contributed by atoms with Crippen LogP contribution in [0.1, 0.15) is 17.5 Å². The minimum Gasteiger partial charge on any atom is -0.507 e. The van der Waals surface area contributed by atoms with Gasteiger partial charge in [-0.05, 0) is 65.4 Å². The first-order chi connectivity index (χ1) is 12.2. The second-order valence-electron chi connectivity index (χ2n) is 6.61. The van der Waals surface area contributed by atoms with E-state index in [0.29, 0.717) is 0 Å². The van der Waals surface area contributed by atoms with Crippen LogP contribution in [0, 0.1) is 0 Å². The molecule has 122 valence electrons. The van der Waals surface area contributed by atoms with Gasteiger partial charge in [0.05, 0.1) is 11.2 Å². The molecule has 2 nitrogen and oxygen atoms in total. The Morgan fingerprint density at radius 2 is 1.76 bits per heavy atom. The maximum atomic E-state index is 10.4. The summed E-state index contributed by atoms with van der Waals surface area (Å²) in [5.41, 5.74) is 5.43. The van der Waals surface area contributed by atoms with E-state index in [0.717, 1.165) is 40.5 Å². The van der Waals surface area contributed by atoms with E-state index in [9.17, 15) is 5.11 Å². The van der Waals surface area contributed by atoms with Gasteiger partial charge in [0.2, 0.25) is 0 Å². The van der Waals surface area contributed by atoms with E-state index in [4.69, 9.17) is 4.98 Å². The Labute approximate surface area is 154 Å². The van der Waals surface area contributed by atoms with Crippen molar-refractivity contribution in [1.82, 2.24) is 4.98 Å². The van der Waals surface area contributed by atoms with Crippen molar-refractivity contribution in [3.63, 3.8) is 0 Å². The van der Waals surface area contributed by atoms with E-state index in [1.165, 1.54) is 27.3 Å². The molecular formula is C22H16BrNO. The third-order valence-electron chi connectivity index (χ3n) is 5.16. The number of benzene rings is 3. The number of phenolic OH excluding ortho intramolecular Hbond substituents is 1. The SMILES string of the molecule is Oc1ccc(Br)cc1-c1nc2ccc3ccccc3c2c2c1CCC2. The molecule has 0 aliphatic heterocycles. The number of aromatic hydroxyl groups is 1. The fraction of sp³-hybridized carbons (Fsp3) is 0.136. The van der Waals surface area contributed by atoms with Gasteiger partial charge in [-0.15, -0.1) is 0 Å². The predicted molar refractivity (Wildman–Crippen MR) is 106 cm³/mol. The van der Waals surface area contributed by atoms with Crippen molar-refractivity contribution in [1.29, 1.82) is 0 Å². The molecule has 5 rings (SSSR count). The maximum Gasteiger partial charge on any atom is 0.125 e. The zero-order valence-corrected chi connectivity index (χ0v) is 15.2. The molecule has 0 saturated heterocycles. The summed E-state index contributed by atoms with van der Waals surface area (Å²) < 4.78 is 0.951. The summed E-state index contributed by atoms with van der Waals surface area (Å²) in [5.74, 6) is 0.282. The molecule has 0 radical (unpaired) electrons. The zero-order chi connectivity index (χ0) is 17.0. The monoisotopic (exact) mass is 389 g/mol. The molecular weight excluding hydrogens is 374 g/mol. The summed E-state index contributed by atoms with van der Waals surface area (Å²) in [6, 6.07) is 18.3. The van der Waals surface area contributed by atoms with Gasteiger partial charge < -0.3 is 5.11 Å². The number of fused-ring (bicyclic) bond motifs is 5. The second kappa shape index (κ2) is 5.57. The van der Waals surface area contributed by atoms with Crippen molar-refractivity contribution >= 4 is 37.6 Å². The summed E-state index contributed by atoms with van der Waals surface area (Å²) >= 11 is 3.52. The van der Waals surface area contributed by atoms with E-state index in [1.54, 1.807) is 6.07 Å². The van der Waals surface area contributed by atoms with Gasteiger partial charge in [-0.1, -0.05) is 46.3 Å². The first-order valence-electron chi connectivity index (χ1n) is 8.54. The third-order valence-corrected chi connectivity index (χ3v) is 5.65. The lowest BCUT2D eigenvalue weighted by molar-refractivity contribution is 0.477. The van der Waals surface area contributed by atoms with Crippen LogP contribution in [0.5, 0.6) is 5.75 Å². The van der Waals surface area contributed by atoms with Crippen LogP contribution in [-0.4, -0.2) is 10.1 Å². The Balaban J connectivity index is 1.91. The van der Waals surface area contributed by atoms with Crippen molar-refractivity contribution in [2.45, 2.75) is 19.3 Å². The smallest absolute Gasteiger partial charge is 0.125 e. The first-order valence-corrected chi connectivity index (χ1v) is 9.34. The molecule has 0 spiro atoms. The van der Waals surface area contributed by atoms with Crippen LogP contribution in [0.2, 0.25) is 0 Å². The topological polar surface area (TPSA) is 33.1 Å². The van der Waals surface area contributed by atoms with Gasteiger partial charge >= 0.3 is 0 Å². The third kappa shape index (κ3) is 2.26. The summed E-state index contributed by atoms with van der Waals surface area (Å²) in [5, 5.41) is 14.2.